The van der Waals surface area contributed by atoms with Crippen molar-refractivity contribution in [2.45, 2.75) is 50.7 Å². The van der Waals surface area contributed by atoms with Gasteiger partial charge in [0.2, 0.25) is 5.13 Å². The second kappa shape index (κ2) is 7.13. The molecular weight excluding hydrogens is 338 g/mol. The number of nitrogens with zero attached hydrogens (tertiary/aromatic N) is 4. The van der Waals surface area contributed by atoms with E-state index in [0.717, 1.165) is 10.8 Å². The van der Waals surface area contributed by atoms with Crippen molar-refractivity contribution in [3.63, 3.8) is 0 Å². The molecule has 2 aromatic rings. The van der Waals surface area contributed by atoms with Crippen molar-refractivity contribution < 1.29 is 9.21 Å². The molecule has 0 aromatic carbocycles. The lowest BCUT2D eigenvalue weighted by Crippen LogP contribution is -2.44. The van der Waals surface area contributed by atoms with Crippen molar-refractivity contribution in [2.24, 2.45) is 0 Å². The molecule has 0 spiro atoms. The Hall–Kier alpha value is -1.93. The molecule has 2 aromatic heterocycles. The van der Waals surface area contributed by atoms with Gasteiger partial charge >= 0.3 is 6.03 Å². The molecular formula is C17H23N5O2S. The molecule has 1 saturated heterocycles. The van der Waals surface area contributed by atoms with Crippen LogP contribution in [0.4, 0.5) is 9.93 Å². The van der Waals surface area contributed by atoms with E-state index in [4.69, 9.17) is 4.42 Å². The molecule has 0 bridgehead atoms. The fourth-order valence-electron chi connectivity index (χ4n) is 3.58. The van der Waals surface area contributed by atoms with Crippen LogP contribution in [0.25, 0.3) is 0 Å². The summed E-state index contributed by atoms with van der Waals surface area (Å²) < 4.78 is 5.37. The summed E-state index contributed by atoms with van der Waals surface area (Å²) in [4.78, 5) is 16.0. The van der Waals surface area contributed by atoms with Crippen LogP contribution in [-0.4, -0.2) is 40.9 Å². The van der Waals surface area contributed by atoms with Gasteiger partial charge in [-0.25, -0.2) is 4.79 Å². The summed E-state index contributed by atoms with van der Waals surface area (Å²) in [7, 11) is 1.81. The van der Waals surface area contributed by atoms with Gasteiger partial charge in [-0.2, -0.15) is 0 Å². The van der Waals surface area contributed by atoms with E-state index in [9.17, 15) is 4.79 Å². The minimum Gasteiger partial charge on any atom is -0.468 e. The minimum atomic E-state index is -0.130. The molecule has 1 N–H and O–H groups in total. The standard InChI is InChI=1S/C17H23N5O2S/c1-21-11-14(18-10-13-8-5-9-24-13)22(17(21)23)16-20-19-15(25-16)12-6-3-2-4-7-12/h5,8-9,12,14,18H,2-4,6-7,10-11H2,1H3. The minimum absolute atomic E-state index is 0.0386. The van der Waals surface area contributed by atoms with E-state index in [1.807, 2.05) is 19.2 Å². The van der Waals surface area contributed by atoms with Gasteiger partial charge in [-0.3, -0.25) is 10.2 Å². The normalized spacial score (nSPS) is 22.1. The Labute approximate surface area is 151 Å². The number of carbonyl (C=O) groups is 1. The van der Waals surface area contributed by atoms with Crippen molar-refractivity contribution in [2.75, 3.05) is 18.5 Å². The maximum Gasteiger partial charge on any atom is 0.327 e. The van der Waals surface area contributed by atoms with Crippen LogP contribution in [0.5, 0.6) is 0 Å². The highest BCUT2D eigenvalue weighted by atomic mass is 32.1. The molecule has 0 radical (unpaired) electrons. The van der Waals surface area contributed by atoms with Crippen molar-refractivity contribution >= 4 is 22.5 Å². The molecule has 8 heteroatoms. The van der Waals surface area contributed by atoms with Crippen LogP contribution in [0.15, 0.2) is 22.8 Å². The number of amides is 2. The summed E-state index contributed by atoms with van der Waals surface area (Å²) in [5, 5.41) is 13.9. The molecule has 25 heavy (non-hydrogen) atoms. The van der Waals surface area contributed by atoms with Crippen LogP contribution in [0, 0.1) is 0 Å². The van der Waals surface area contributed by atoms with Gasteiger partial charge in [-0.05, 0) is 25.0 Å². The van der Waals surface area contributed by atoms with Gasteiger partial charge in [0.15, 0.2) is 0 Å². The van der Waals surface area contributed by atoms with Crippen LogP contribution in [-0.2, 0) is 6.54 Å². The highest BCUT2D eigenvalue weighted by Gasteiger charge is 2.38. The van der Waals surface area contributed by atoms with Gasteiger partial charge in [0.05, 0.1) is 19.4 Å². The number of furan rings is 1. The smallest absolute Gasteiger partial charge is 0.327 e. The van der Waals surface area contributed by atoms with Crippen molar-refractivity contribution in [3.05, 3.63) is 29.2 Å². The van der Waals surface area contributed by atoms with E-state index in [-0.39, 0.29) is 12.2 Å². The van der Waals surface area contributed by atoms with Crippen LogP contribution in [0.1, 0.15) is 48.8 Å². The van der Waals surface area contributed by atoms with Gasteiger partial charge < -0.3 is 9.32 Å². The summed E-state index contributed by atoms with van der Waals surface area (Å²) in [6.45, 7) is 1.18. The Kier molecular flexibility index (Phi) is 4.72. The van der Waals surface area contributed by atoms with Crippen molar-refractivity contribution in [3.8, 4) is 0 Å². The highest BCUT2D eigenvalue weighted by Crippen LogP contribution is 2.37. The monoisotopic (exact) mass is 361 g/mol. The zero-order chi connectivity index (χ0) is 17.2. The predicted molar refractivity (Wildman–Crippen MR) is 95.6 cm³/mol. The molecule has 1 saturated carbocycles. The van der Waals surface area contributed by atoms with Gasteiger partial charge in [-0.15, -0.1) is 10.2 Å². The molecule has 2 fully saturated rings. The number of hydrogen-bond donors (Lipinski definition) is 1. The lowest BCUT2D eigenvalue weighted by molar-refractivity contribution is 0.229. The molecule has 2 aliphatic rings. The number of hydrogen-bond acceptors (Lipinski definition) is 6. The number of nitrogens with one attached hydrogen (secondary N) is 1. The summed E-state index contributed by atoms with van der Waals surface area (Å²) in [5.74, 6) is 1.35. The number of urea groups is 1. The molecule has 1 atom stereocenters. The zero-order valence-corrected chi connectivity index (χ0v) is 15.2. The largest absolute Gasteiger partial charge is 0.468 e. The topological polar surface area (TPSA) is 74.5 Å². The first-order chi connectivity index (χ1) is 12.2. The van der Waals surface area contributed by atoms with E-state index in [1.54, 1.807) is 27.4 Å². The molecule has 1 aliphatic heterocycles. The van der Waals surface area contributed by atoms with E-state index in [1.165, 1.54) is 32.1 Å². The lowest BCUT2D eigenvalue weighted by atomic mass is 9.90. The summed E-state index contributed by atoms with van der Waals surface area (Å²) >= 11 is 1.56. The highest BCUT2D eigenvalue weighted by molar-refractivity contribution is 7.15. The second-order valence-corrected chi connectivity index (χ2v) is 7.75. The number of rotatable bonds is 5. The first-order valence-corrected chi connectivity index (χ1v) is 9.67. The Morgan fingerprint density at radius 1 is 1.32 bits per heavy atom. The van der Waals surface area contributed by atoms with Crippen LogP contribution in [0.3, 0.4) is 0 Å². The maximum atomic E-state index is 12.6. The SMILES string of the molecule is CN1CC(NCc2ccco2)N(c2nnc(C3CCCCC3)s2)C1=O. The number of likely N-dealkylation sites (N-methyl/N-ethyl adjacent to an activating group) is 1. The molecule has 1 unspecified atom stereocenters. The van der Waals surface area contributed by atoms with E-state index >= 15 is 0 Å². The zero-order valence-electron chi connectivity index (χ0n) is 14.4. The molecule has 3 heterocycles. The molecule has 4 rings (SSSR count). The Bertz CT molecular complexity index is 710. The van der Waals surface area contributed by atoms with Gasteiger partial charge in [-0.1, -0.05) is 30.6 Å². The van der Waals surface area contributed by atoms with Gasteiger partial charge in [0, 0.05) is 13.0 Å². The molecule has 1 aliphatic carbocycles. The maximum absolute atomic E-state index is 12.6. The fraction of sp³-hybridized carbons (Fsp3) is 0.588. The quantitative estimate of drug-likeness (QED) is 0.885. The third kappa shape index (κ3) is 3.41. The molecule has 134 valence electrons. The first kappa shape index (κ1) is 16.5. The first-order valence-electron chi connectivity index (χ1n) is 8.86. The van der Waals surface area contributed by atoms with E-state index < -0.39 is 0 Å². The number of carbonyl (C=O) groups excluding carboxylic acids is 1. The predicted octanol–water partition coefficient (Wildman–Crippen LogP) is 3.17. The van der Waals surface area contributed by atoms with Crippen LogP contribution >= 0.6 is 11.3 Å². The van der Waals surface area contributed by atoms with Gasteiger partial charge in [0.25, 0.3) is 0 Å². The average molecular weight is 361 g/mol. The Balaban J connectivity index is 1.49. The summed E-state index contributed by atoms with van der Waals surface area (Å²) in [6, 6.07) is 3.74. The van der Waals surface area contributed by atoms with Crippen LogP contribution in [0.2, 0.25) is 0 Å². The molecule has 2 amide bonds. The average Bonchev–Trinajstić information content (AvgIpc) is 3.36. The fourth-order valence-corrected chi connectivity index (χ4v) is 4.63. The lowest BCUT2D eigenvalue weighted by Gasteiger charge is -2.21. The Morgan fingerprint density at radius 2 is 2.16 bits per heavy atom. The van der Waals surface area contributed by atoms with E-state index in [2.05, 4.69) is 15.5 Å². The summed E-state index contributed by atoms with van der Waals surface area (Å²) in [6.07, 6.45) is 7.73. The number of anilines is 1. The third-order valence-corrected chi connectivity index (χ3v) is 6.06. The summed E-state index contributed by atoms with van der Waals surface area (Å²) in [5.41, 5.74) is 0. The van der Waals surface area contributed by atoms with Gasteiger partial charge in [0.1, 0.15) is 16.9 Å². The van der Waals surface area contributed by atoms with Crippen molar-refractivity contribution in [1.29, 1.82) is 0 Å². The Morgan fingerprint density at radius 3 is 2.92 bits per heavy atom. The van der Waals surface area contributed by atoms with Crippen LogP contribution < -0.4 is 10.2 Å². The third-order valence-electron chi connectivity index (χ3n) is 4.97. The number of aromatic nitrogens is 2. The second-order valence-electron chi connectivity index (χ2n) is 6.77. The molecule has 7 nitrogen and oxygen atoms in total. The van der Waals surface area contributed by atoms with E-state index in [0.29, 0.717) is 24.1 Å². The van der Waals surface area contributed by atoms with Crippen molar-refractivity contribution in [1.82, 2.24) is 20.4 Å².